The molecule has 3 nitrogen and oxygen atoms in total. The number of nitrogens with two attached hydrogens (primary N) is 1. The second-order valence-corrected chi connectivity index (χ2v) is 5.23. The quantitative estimate of drug-likeness (QED) is 0.916. The molecule has 0 aliphatic heterocycles. The summed E-state index contributed by atoms with van der Waals surface area (Å²) in [6.45, 7) is 2.35. The lowest BCUT2D eigenvalue weighted by Crippen LogP contribution is -2.36. The van der Waals surface area contributed by atoms with E-state index in [2.05, 4.69) is 0 Å². The molecule has 0 aliphatic rings. The molecule has 21 heavy (non-hydrogen) atoms. The van der Waals surface area contributed by atoms with Crippen molar-refractivity contribution in [2.75, 3.05) is 13.6 Å². The minimum atomic E-state index is -0.289. The standard InChI is InChI=1S/C18H22N2O/c1-14(15-9-5-3-6-10-15)20(2)18(21)17(13-19)16-11-7-4-8-12-16/h3-12,14,17H,13,19H2,1-2H3. The Morgan fingerprint density at radius 3 is 1.95 bits per heavy atom. The van der Waals surface area contributed by atoms with Gasteiger partial charge in [0.15, 0.2) is 0 Å². The van der Waals surface area contributed by atoms with Crippen molar-refractivity contribution in [3.05, 3.63) is 71.8 Å². The van der Waals surface area contributed by atoms with E-state index in [4.69, 9.17) is 5.73 Å². The summed E-state index contributed by atoms with van der Waals surface area (Å²) in [6.07, 6.45) is 0. The first kappa shape index (κ1) is 15.3. The van der Waals surface area contributed by atoms with Crippen LogP contribution in [0, 0.1) is 0 Å². The van der Waals surface area contributed by atoms with Crippen molar-refractivity contribution in [2.45, 2.75) is 18.9 Å². The van der Waals surface area contributed by atoms with Crippen LogP contribution in [0.25, 0.3) is 0 Å². The van der Waals surface area contributed by atoms with Crippen LogP contribution < -0.4 is 5.73 Å². The molecule has 2 unspecified atom stereocenters. The first-order valence-electron chi connectivity index (χ1n) is 7.21. The Bertz CT molecular complexity index is 568. The summed E-state index contributed by atoms with van der Waals surface area (Å²) in [5, 5.41) is 0. The summed E-state index contributed by atoms with van der Waals surface area (Å²) in [6, 6.07) is 19.8. The van der Waals surface area contributed by atoms with E-state index in [0.29, 0.717) is 6.54 Å². The first-order valence-corrected chi connectivity index (χ1v) is 7.21. The molecule has 2 aromatic rings. The van der Waals surface area contributed by atoms with Crippen molar-refractivity contribution >= 4 is 5.91 Å². The predicted molar refractivity (Wildman–Crippen MR) is 85.9 cm³/mol. The number of carbonyl (C=O) groups is 1. The average molecular weight is 282 g/mol. The summed E-state index contributed by atoms with van der Waals surface area (Å²) in [5.74, 6) is -0.234. The van der Waals surface area contributed by atoms with E-state index in [0.717, 1.165) is 11.1 Å². The van der Waals surface area contributed by atoms with Gasteiger partial charge in [0.2, 0.25) is 5.91 Å². The van der Waals surface area contributed by atoms with Gasteiger partial charge in [-0.2, -0.15) is 0 Å². The number of benzene rings is 2. The predicted octanol–water partition coefficient (Wildman–Crippen LogP) is 2.95. The van der Waals surface area contributed by atoms with Crippen molar-refractivity contribution in [2.24, 2.45) is 5.73 Å². The van der Waals surface area contributed by atoms with Gasteiger partial charge in [-0.05, 0) is 18.1 Å². The third-order valence-corrected chi connectivity index (χ3v) is 3.95. The summed E-state index contributed by atoms with van der Waals surface area (Å²) in [5.41, 5.74) is 7.93. The van der Waals surface area contributed by atoms with Gasteiger partial charge in [0, 0.05) is 13.6 Å². The van der Waals surface area contributed by atoms with E-state index >= 15 is 0 Å². The molecule has 0 bridgehead atoms. The molecule has 0 spiro atoms. The molecular formula is C18H22N2O. The van der Waals surface area contributed by atoms with Gasteiger partial charge in [0.1, 0.15) is 0 Å². The molecule has 2 atom stereocenters. The summed E-state index contributed by atoms with van der Waals surface area (Å²) < 4.78 is 0. The molecule has 2 aromatic carbocycles. The molecule has 0 fully saturated rings. The third-order valence-electron chi connectivity index (χ3n) is 3.95. The van der Waals surface area contributed by atoms with Crippen LogP contribution >= 0.6 is 0 Å². The molecular weight excluding hydrogens is 260 g/mol. The van der Waals surface area contributed by atoms with Crippen LogP contribution in [0.15, 0.2) is 60.7 Å². The number of nitrogens with zero attached hydrogens (tertiary/aromatic N) is 1. The van der Waals surface area contributed by atoms with Crippen LogP contribution in [-0.4, -0.2) is 24.4 Å². The molecule has 0 aliphatic carbocycles. The molecule has 110 valence electrons. The molecule has 2 rings (SSSR count). The summed E-state index contributed by atoms with van der Waals surface area (Å²) >= 11 is 0. The van der Waals surface area contributed by atoms with Crippen molar-refractivity contribution in [3.8, 4) is 0 Å². The van der Waals surface area contributed by atoms with Gasteiger partial charge in [-0.3, -0.25) is 4.79 Å². The van der Waals surface area contributed by atoms with Crippen molar-refractivity contribution in [1.29, 1.82) is 0 Å². The fourth-order valence-electron chi connectivity index (χ4n) is 2.46. The smallest absolute Gasteiger partial charge is 0.231 e. The molecule has 3 heteroatoms. The van der Waals surface area contributed by atoms with Crippen LogP contribution in [0.4, 0.5) is 0 Å². The average Bonchev–Trinajstić information content (AvgIpc) is 2.56. The molecule has 0 aromatic heterocycles. The van der Waals surface area contributed by atoms with Crippen LogP contribution in [0.1, 0.15) is 30.0 Å². The number of hydrogen-bond donors (Lipinski definition) is 1. The second-order valence-electron chi connectivity index (χ2n) is 5.23. The minimum absolute atomic E-state index is 0.0245. The maximum atomic E-state index is 12.7. The summed E-state index contributed by atoms with van der Waals surface area (Å²) in [7, 11) is 1.84. The highest BCUT2D eigenvalue weighted by molar-refractivity contribution is 5.84. The van der Waals surface area contributed by atoms with E-state index in [1.807, 2.05) is 74.6 Å². The monoisotopic (exact) mass is 282 g/mol. The van der Waals surface area contributed by atoms with Gasteiger partial charge >= 0.3 is 0 Å². The lowest BCUT2D eigenvalue weighted by Gasteiger charge is -2.29. The fraction of sp³-hybridized carbons (Fsp3) is 0.278. The van der Waals surface area contributed by atoms with Crippen LogP contribution in [0.5, 0.6) is 0 Å². The van der Waals surface area contributed by atoms with E-state index in [1.165, 1.54) is 0 Å². The topological polar surface area (TPSA) is 46.3 Å². The third kappa shape index (κ3) is 3.50. The largest absolute Gasteiger partial charge is 0.338 e. The molecule has 2 N–H and O–H groups in total. The van der Waals surface area contributed by atoms with Gasteiger partial charge in [0.05, 0.1) is 12.0 Å². The number of amides is 1. The van der Waals surface area contributed by atoms with Gasteiger partial charge < -0.3 is 10.6 Å². The van der Waals surface area contributed by atoms with E-state index in [-0.39, 0.29) is 17.9 Å². The van der Waals surface area contributed by atoms with Gasteiger partial charge in [-0.15, -0.1) is 0 Å². The van der Waals surface area contributed by atoms with E-state index in [1.54, 1.807) is 4.90 Å². The number of likely N-dealkylation sites (N-methyl/N-ethyl adjacent to an activating group) is 1. The molecule has 0 heterocycles. The van der Waals surface area contributed by atoms with E-state index < -0.39 is 0 Å². The maximum Gasteiger partial charge on any atom is 0.231 e. The second kappa shape index (κ2) is 7.04. The zero-order chi connectivity index (χ0) is 15.2. The van der Waals surface area contributed by atoms with Gasteiger partial charge in [0.25, 0.3) is 0 Å². The van der Waals surface area contributed by atoms with Crippen LogP contribution in [-0.2, 0) is 4.79 Å². The molecule has 1 amide bonds. The molecule has 0 radical (unpaired) electrons. The van der Waals surface area contributed by atoms with Crippen LogP contribution in [0.2, 0.25) is 0 Å². The van der Waals surface area contributed by atoms with Crippen LogP contribution in [0.3, 0.4) is 0 Å². The van der Waals surface area contributed by atoms with Crippen molar-refractivity contribution in [3.63, 3.8) is 0 Å². The first-order chi connectivity index (χ1) is 10.1. The summed E-state index contributed by atoms with van der Waals surface area (Å²) in [4.78, 5) is 14.5. The lowest BCUT2D eigenvalue weighted by atomic mass is 9.96. The van der Waals surface area contributed by atoms with Crippen molar-refractivity contribution in [1.82, 2.24) is 4.90 Å². The normalized spacial score (nSPS) is 13.5. The Labute approximate surface area is 126 Å². The maximum absolute atomic E-state index is 12.7. The zero-order valence-corrected chi connectivity index (χ0v) is 12.6. The lowest BCUT2D eigenvalue weighted by molar-refractivity contribution is -0.133. The minimum Gasteiger partial charge on any atom is -0.338 e. The van der Waals surface area contributed by atoms with E-state index in [9.17, 15) is 4.79 Å². The highest BCUT2D eigenvalue weighted by Crippen LogP contribution is 2.24. The zero-order valence-electron chi connectivity index (χ0n) is 12.6. The van der Waals surface area contributed by atoms with Gasteiger partial charge in [-0.25, -0.2) is 0 Å². The number of hydrogen-bond acceptors (Lipinski definition) is 2. The molecule has 0 saturated carbocycles. The Balaban J connectivity index is 2.18. The number of carbonyl (C=O) groups excluding carboxylic acids is 1. The fourth-order valence-corrected chi connectivity index (χ4v) is 2.46. The Kier molecular flexibility index (Phi) is 5.12. The SMILES string of the molecule is CC(c1ccccc1)N(C)C(=O)C(CN)c1ccccc1. The Hall–Kier alpha value is -2.13. The highest BCUT2D eigenvalue weighted by Gasteiger charge is 2.25. The van der Waals surface area contributed by atoms with Gasteiger partial charge in [-0.1, -0.05) is 60.7 Å². The van der Waals surface area contributed by atoms with Crippen molar-refractivity contribution < 1.29 is 4.79 Å². The number of rotatable bonds is 5. The highest BCUT2D eigenvalue weighted by atomic mass is 16.2. The Morgan fingerprint density at radius 1 is 1.00 bits per heavy atom. The molecule has 0 saturated heterocycles. The Morgan fingerprint density at radius 2 is 1.48 bits per heavy atom.